The van der Waals surface area contributed by atoms with Crippen molar-refractivity contribution in [3.63, 3.8) is 0 Å². The van der Waals surface area contributed by atoms with E-state index in [4.69, 9.17) is 4.98 Å². The van der Waals surface area contributed by atoms with Crippen LogP contribution in [0.1, 0.15) is 35.7 Å². The van der Waals surface area contributed by atoms with Gasteiger partial charge in [0.05, 0.1) is 30.1 Å². The normalized spacial score (nSPS) is 21.3. The van der Waals surface area contributed by atoms with Crippen LogP contribution >= 0.6 is 0 Å². The first-order valence-electron chi connectivity index (χ1n) is 11.7. The largest absolute Gasteiger partial charge is 0.391 e. The van der Waals surface area contributed by atoms with Gasteiger partial charge in [-0.15, -0.1) is 0 Å². The Kier molecular flexibility index (Phi) is 5.00. The lowest BCUT2D eigenvalue weighted by Crippen LogP contribution is -2.44. The predicted molar refractivity (Wildman–Crippen MR) is 129 cm³/mol. The smallest absolute Gasteiger partial charge is 0.257 e. The van der Waals surface area contributed by atoms with E-state index < -0.39 is 6.10 Å². The fourth-order valence-corrected chi connectivity index (χ4v) is 5.20. The summed E-state index contributed by atoms with van der Waals surface area (Å²) >= 11 is 0. The number of hydrogen-bond acceptors (Lipinski definition) is 7. The van der Waals surface area contributed by atoms with E-state index in [9.17, 15) is 9.90 Å². The fourth-order valence-electron chi connectivity index (χ4n) is 5.20. The minimum atomic E-state index is -0.508. The topological polar surface area (TPSA) is 113 Å². The molecule has 1 amide bonds. The number of nitrogens with zero attached hydrogens (tertiary/aromatic N) is 6. The number of carbonyl (C=O) groups is 1. The van der Waals surface area contributed by atoms with Gasteiger partial charge in [0.25, 0.3) is 5.91 Å². The summed E-state index contributed by atoms with van der Waals surface area (Å²) in [7, 11) is 3.94. The zero-order valence-corrected chi connectivity index (χ0v) is 19.3. The monoisotopic (exact) mass is 460 g/mol. The van der Waals surface area contributed by atoms with Crippen LogP contribution in [-0.2, 0) is 0 Å². The molecular formula is C24H28N8O2. The standard InChI is InChI=1S/C24H28N8O2/c1-25-21-9-19(17-13-31(14-11-30(2)12-14)22-15(17)5-4-8-26-22)28-23-16(10-27-32(21)23)24(34)29-18-6-3-7-20(18)33/h4-5,8-10,13-14,18,20,25,33H,3,6-7,11-12H2,1-2H3,(H,29,34)/t18?,20-/m1/s1. The van der Waals surface area contributed by atoms with Crippen molar-refractivity contribution in [1.82, 2.24) is 34.4 Å². The molecule has 1 unspecified atom stereocenters. The molecule has 1 saturated carbocycles. The Balaban J connectivity index is 1.45. The quantitative estimate of drug-likeness (QED) is 0.417. The SMILES string of the molecule is CNc1cc(-c2cn(C3CN(C)C3)c3ncccc23)nc2c(C(=O)NC3CCC[C@H]3O)cnn12. The second-order valence-corrected chi connectivity index (χ2v) is 9.35. The zero-order chi connectivity index (χ0) is 23.4. The van der Waals surface area contributed by atoms with Crippen LogP contribution in [0.15, 0.2) is 36.8 Å². The number of likely N-dealkylation sites (tertiary alicyclic amines) is 1. The van der Waals surface area contributed by atoms with Crippen LogP contribution in [0.5, 0.6) is 0 Å². The molecule has 1 aliphatic heterocycles. The highest BCUT2D eigenvalue weighted by Crippen LogP contribution is 2.34. The molecule has 2 atom stereocenters. The maximum atomic E-state index is 13.1. The van der Waals surface area contributed by atoms with Crippen molar-refractivity contribution in [3.8, 4) is 11.3 Å². The minimum absolute atomic E-state index is 0.237. The third-order valence-corrected chi connectivity index (χ3v) is 7.07. The Labute approximate surface area is 196 Å². The third kappa shape index (κ3) is 3.33. The van der Waals surface area contributed by atoms with Gasteiger partial charge in [-0.3, -0.25) is 4.79 Å². The molecule has 0 radical (unpaired) electrons. The number of nitrogens with one attached hydrogen (secondary N) is 2. The molecule has 34 heavy (non-hydrogen) atoms. The first kappa shape index (κ1) is 21.1. The lowest BCUT2D eigenvalue weighted by atomic mass is 10.1. The molecule has 1 saturated heterocycles. The lowest BCUT2D eigenvalue weighted by Gasteiger charge is -2.37. The van der Waals surface area contributed by atoms with Crippen LogP contribution in [0, 0.1) is 0 Å². The van der Waals surface area contributed by atoms with Crippen molar-refractivity contribution in [2.45, 2.75) is 37.5 Å². The molecule has 0 spiro atoms. The second kappa shape index (κ2) is 8.07. The minimum Gasteiger partial charge on any atom is -0.391 e. The number of anilines is 1. The van der Waals surface area contributed by atoms with Gasteiger partial charge in [0, 0.05) is 49.5 Å². The molecule has 0 bridgehead atoms. The summed E-state index contributed by atoms with van der Waals surface area (Å²) in [6.45, 7) is 1.96. The fraction of sp³-hybridized carbons (Fsp3) is 0.417. The van der Waals surface area contributed by atoms with Gasteiger partial charge in [-0.2, -0.15) is 9.61 Å². The highest BCUT2D eigenvalue weighted by molar-refractivity contribution is 6.01. The van der Waals surface area contributed by atoms with Gasteiger partial charge in [0.2, 0.25) is 0 Å². The Bertz CT molecular complexity index is 1390. The highest BCUT2D eigenvalue weighted by Gasteiger charge is 2.30. The Morgan fingerprint density at radius 1 is 1.24 bits per heavy atom. The molecule has 2 aliphatic rings. The lowest BCUT2D eigenvalue weighted by molar-refractivity contribution is 0.0874. The predicted octanol–water partition coefficient (Wildman–Crippen LogP) is 1.92. The average Bonchev–Trinajstić information content (AvgIpc) is 3.53. The summed E-state index contributed by atoms with van der Waals surface area (Å²) in [4.78, 5) is 24.9. The number of pyridine rings is 1. The van der Waals surface area contributed by atoms with Gasteiger partial charge in [0.1, 0.15) is 17.0 Å². The Morgan fingerprint density at radius 3 is 2.82 bits per heavy atom. The van der Waals surface area contributed by atoms with Crippen molar-refractivity contribution < 1.29 is 9.90 Å². The van der Waals surface area contributed by atoms with Gasteiger partial charge in [-0.05, 0) is 38.4 Å². The van der Waals surface area contributed by atoms with Crippen molar-refractivity contribution in [2.24, 2.45) is 0 Å². The molecule has 2 fully saturated rings. The van der Waals surface area contributed by atoms with E-state index in [1.807, 2.05) is 25.4 Å². The van der Waals surface area contributed by atoms with Gasteiger partial charge in [-0.25, -0.2) is 9.97 Å². The van der Waals surface area contributed by atoms with E-state index in [1.54, 1.807) is 10.7 Å². The molecule has 176 valence electrons. The number of aliphatic hydroxyl groups is 1. The number of rotatable bonds is 5. The third-order valence-electron chi connectivity index (χ3n) is 7.07. The molecule has 10 nitrogen and oxygen atoms in total. The summed E-state index contributed by atoms with van der Waals surface area (Å²) in [6.07, 6.45) is 7.36. The number of hydrogen-bond donors (Lipinski definition) is 3. The van der Waals surface area contributed by atoms with Gasteiger partial charge >= 0.3 is 0 Å². The van der Waals surface area contributed by atoms with Crippen LogP contribution in [0.2, 0.25) is 0 Å². The molecule has 4 aromatic rings. The number of aromatic nitrogens is 5. The molecule has 3 N–H and O–H groups in total. The Hall–Kier alpha value is -3.50. The van der Waals surface area contributed by atoms with Crippen LogP contribution < -0.4 is 10.6 Å². The number of likely N-dealkylation sites (N-methyl/N-ethyl adjacent to an activating group) is 1. The van der Waals surface area contributed by atoms with Crippen molar-refractivity contribution in [2.75, 3.05) is 32.5 Å². The van der Waals surface area contributed by atoms with Crippen LogP contribution in [-0.4, -0.2) is 79.4 Å². The molecular weight excluding hydrogens is 432 g/mol. The maximum absolute atomic E-state index is 13.1. The number of aliphatic hydroxyl groups excluding tert-OH is 1. The van der Waals surface area contributed by atoms with Gasteiger partial charge in [-0.1, -0.05) is 0 Å². The van der Waals surface area contributed by atoms with Crippen LogP contribution in [0.4, 0.5) is 5.82 Å². The summed E-state index contributed by atoms with van der Waals surface area (Å²) in [5.74, 6) is 0.461. The van der Waals surface area contributed by atoms with E-state index in [2.05, 4.69) is 49.5 Å². The highest BCUT2D eigenvalue weighted by atomic mass is 16.3. The molecule has 10 heteroatoms. The first-order chi connectivity index (χ1) is 16.5. The van der Waals surface area contributed by atoms with Crippen LogP contribution in [0.25, 0.3) is 27.9 Å². The van der Waals surface area contributed by atoms with Crippen molar-refractivity contribution in [1.29, 1.82) is 0 Å². The molecule has 4 aromatic heterocycles. The number of amides is 1. The van der Waals surface area contributed by atoms with Crippen LogP contribution in [0.3, 0.4) is 0 Å². The van der Waals surface area contributed by atoms with E-state index >= 15 is 0 Å². The van der Waals surface area contributed by atoms with Crippen molar-refractivity contribution >= 4 is 28.4 Å². The summed E-state index contributed by atoms with van der Waals surface area (Å²) in [6, 6.07) is 6.08. The summed E-state index contributed by atoms with van der Waals surface area (Å²) in [5, 5.41) is 21.7. The van der Waals surface area contributed by atoms with Gasteiger partial charge in [0.15, 0.2) is 5.65 Å². The molecule has 1 aliphatic carbocycles. The van der Waals surface area contributed by atoms with Gasteiger partial charge < -0.3 is 25.2 Å². The summed E-state index contributed by atoms with van der Waals surface area (Å²) < 4.78 is 3.88. The first-order valence-corrected chi connectivity index (χ1v) is 11.7. The summed E-state index contributed by atoms with van der Waals surface area (Å²) in [5.41, 5.74) is 3.51. The van der Waals surface area contributed by atoms with E-state index in [-0.39, 0.29) is 11.9 Å². The van der Waals surface area contributed by atoms with E-state index in [0.29, 0.717) is 23.7 Å². The average molecular weight is 461 g/mol. The maximum Gasteiger partial charge on any atom is 0.257 e. The molecule has 6 rings (SSSR count). The number of carbonyl (C=O) groups excluding carboxylic acids is 1. The Morgan fingerprint density at radius 2 is 2.09 bits per heavy atom. The number of fused-ring (bicyclic) bond motifs is 2. The van der Waals surface area contributed by atoms with Crippen molar-refractivity contribution in [3.05, 3.63) is 42.4 Å². The van der Waals surface area contributed by atoms with E-state index in [1.165, 1.54) is 0 Å². The second-order valence-electron chi connectivity index (χ2n) is 9.35. The molecule has 0 aromatic carbocycles. The zero-order valence-electron chi connectivity index (χ0n) is 19.3. The van der Waals surface area contributed by atoms with E-state index in [0.717, 1.165) is 54.0 Å². The molecule has 5 heterocycles.